The first kappa shape index (κ1) is 14.6. The molecule has 0 aliphatic carbocycles. The number of amides is 3. The predicted octanol–water partition coefficient (Wildman–Crippen LogP) is -0.536. The van der Waals surface area contributed by atoms with Crippen molar-refractivity contribution in [1.29, 1.82) is 0 Å². The van der Waals surface area contributed by atoms with Crippen molar-refractivity contribution >= 4 is 29.7 Å². The van der Waals surface area contributed by atoms with Crippen molar-refractivity contribution in [2.45, 2.75) is 18.9 Å². The lowest BCUT2D eigenvalue weighted by Gasteiger charge is -2.22. The average molecular weight is 275 g/mol. The predicted molar refractivity (Wildman–Crippen MR) is 67.3 cm³/mol. The second-order valence-electron chi connectivity index (χ2n) is 3.96. The second-order valence-corrected chi connectivity index (χ2v) is 5.19. The first-order chi connectivity index (χ1) is 8.50. The van der Waals surface area contributed by atoms with Gasteiger partial charge in [0.05, 0.1) is 6.42 Å². The van der Waals surface area contributed by atoms with Crippen molar-refractivity contribution in [2.75, 3.05) is 24.6 Å². The van der Waals surface area contributed by atoms with Crippen LogP contribution in [0.5, 0.6) is 0 Å². The van der Waals surface area contributed by atoms with Gasteiger partial charge in [-0.25, -0.2) is 9.59 Å². The Labute approximate surface area is 109 Å². The molecule has 1 fully saturated rings. The Morgan fingerprint density at radius 2 is 2.06 bits per heavy atom. The quantitative estimate of drug-likeness (QED) is 0.638. The van der Waals surface area contributed by atoms with E-state index in [9.17, 15) is 14.4 Å². The van der Waals surface area contributed by atoms with Crippen molar-refractivity contribution in [2.24, 2.45) is 5.73 Å². The van der Waals surface area contributed by atoms with Crippen LogP contribution in [-0.4, -0.2) is 58.6 Å². The van der Waals surface area contributed by atoms with Gasteiger partial charge in [-0.3, -0.25) is 4.79 Å². The SMILES string of the molecule is NC(=O)C[C@@H](NC(=O)N1CCCSCC1)C(=O)O. The largest absolute Gasteiger partial charge is 0.480 e. The van der Waals surface area contributed by atoms with Crippen LogP contribution in [0, 0.1) is 0 Å². The highest BCUT2D eigenvalue weighted by Crippen LogP contribution is 2.10. The molecule has 1 atom stereocenters. The van der Waals surface area contributed by atoms with Gasteiger partial charge in [-0.15, -0.1) is 0 Å². The molecule has 102 valence electrons. The van der Waals surface area contributed by atoms with Gasteiger partial charge in [0.15, 0.2) is 0 Å². The number of carboxylic acid groups (broad SMARTS) is 1. The van der Waals surface area contributed by atoms with Gasteiger partial charge in [0, 0.05) is 18.8 Å². The third-order valence-corrected chi connectivity index (χ3v) is 3.56. The van der Waals surface area contributed by atoms with Gasteiger partial charge in [-0.1, -0.05) is 0 Å². The fourth-order valence-electron chi connectivity index (χ4n) is 1.59. The molecule has 1 saturated heterocycles. The van der Waals surface area contributed by atoms with Gasteiger partial charge in [0.2, 0.25) is 5.91 Å². The number of carbonyl (C=O) groups is 3. The fraction of sp³-hybridized carbons (Fsp3) is 0.700. The smallest absolute Gasteiger partial charge is 0.326 e. The molecule has 1 rings (SSSR count). The molecule has 8 heteroatoms. The fourth-order valence-corrected chi connectivity index (χ4v) is 2.48. The van der Waals surface area contributed by atoms with Crippen LogP contribution in [0.3, 0.4) is 0 Å². The van der Waals surface area contributed by atoms with E-state index >= 15 is 0 Å². The summed E-state index contributed by atoms with van der Waals surface area (Å²) in [7, 11) is 0. The molecule has 0 aromatic rings. The third-order valence-electron chi connectivity index (χ3n) is 2.51. The minimum atomic E-state index is -1.26. The minimum Gasteiger partial charge on any atom is -0.480 e. The molecule has 1 aliphatic rings. The summed E-state index contributed by atoms with van der Waals surface area (Å²) in [6, 6.07) is -1.71. The van der Waals surface area contributed by atoms with E-state index in [0.29, 0.717) is 13.1 Å². The zero-order valence-electron chi connectivity index (χ0n) is 9.92. The standard InChI is InChI=1S/C10H17N3O4S/c11-8(14)6-7(9(15)16)12-10(17)13-2-1-4-18-5-3-13/h7H,1-6H2,(H2,11,14)(H,12,17)(H,15,16)/t7-/m1/s1. The van der Waals surface area contributed by atoms with E-state index in [1.807, 2.05) is 0 Å². The zero-order valence-corrected chi connectivity index (χ0v) is 10.7. The van der Waals surface area contributed by atoms with Gasteiger partial charge in [-0.2, -0.15) is 11.8 Å². The van der Waals surface area contributed by atoms with Crippen molar-refractivity contribution in [1.82, 2.24) is 10.2 Å². The lowest BCUT2D eigenvalue weighted by molar-refractivity contribution is -0.140. The number of rotatable bonds is 4. The Bertz CT molecular complexity index is 329. The first-order valence-corrected chi connectivity index (χ1v) is 6.80. The summed E-state index contributed by atoms with van der Waals surface area (Å²) in [6.45, 7) is 1.18. The van der Waals surface area contributed by atoms with Gasteiger partial charge in [0.1, 0.15) is 6.04 Å². The van der Waals surface area contributed by atoms with E-state index in [0.717, 1.165) is 17.9 Å². The maximum absolute atomic E-state index is 11.8. The van der Waals surface area contributed by atoms with Gasteiger partial charge >= 0.3 is 12.0 Å². The summed E-state index contributed by atoms with van der Waals surface area (Å²) in [4.78, 5) is 35.0. The van der Waals surface area contributed by atoms with Crippen LogP contribution in [-0.2, 0) is 9.59 Å². The van der Waals surface area contributed by atoms with E-state index in [4.69, 9.17) is 10.8 Å². The summed E-state index contributed by atoms with van der Waals surface area (Å²) < 4.78 is 0. The lowest BCUT2D eigenvalue weighted by Crippen LogP contribution is -2.49. The van der Waals surface area contributed by atoms with E-state index in [-0.39, 0.29) is 0 Å². The van der Waals surface area contributed by atoms with Gasteiger partial charge in [-0.05, 0) is 12.2 Å². The number of nitrogens with zero attached hydrogens (tertiary/aromatic N) is 1. The molecule has 0 saturated carbocycles. The Balaban J connectivity index is 2.53. The Morgan fingerprint density at radius 3 is 2.67 bits per heavy atom. The van der Waals surface area contributed by atoms with E-state index in [1.165, 1.54) is 0 Å². The summed E-state index contributed by atoms with van der Waals surface area (Å²) >= 11 is 1.76. The summed E-state index contributed by atoms with van der Waals surface area (Å²) in [5.74, 6) is -0.186. The Kier molecular flexibility index (Phi) is 5.76. The number of aliphatic carboxylic acids is 1. The van der Waals surface area contributed by atoms with E-state index in [2.05, 4.69) is 5.32 Å². The van der Waals surface area contributed by atoms with Crippen LogP contribution in [0.1, 0.15) is 12.8 Å². The molecule has 0 bridgehead atoms. The van der Waals surface area contributed by atoms with Crippen LogP contribution in [0.4, 0.5) is 4.79 Å². The Morgan fingerprint density at radius 1 is 1.33 bits per heavy atom. The molecule has 0 aromatic carbocycles. The second kappa shape index (κ2) is 7.10. The maximum Gasteiger partial charge on any atom is 0.326 e. The van der Waals surface area contributed by atoms with Crippen molar-refractivity contribution in [3.8, 4) is 0 Å². The van der Waals surface area contributed by atoms with Crippen molar-refractivity contribution < 1.29 is 19.5 Å². The molecule has 7 nitrogen and oxygen atoms in total. The molecule has 0 spiro atoms. The number of primary amides is 1. The van der Waals surface area contributed by atoms with Crippen LogP contribution in [0.15, 0.2) is 0 Å². The molecular weight excluding hydrogens is 258 g/mol. The van der Waals surface area contributed by atoms with Crippen LogP contribution < -0.4 is 11.1 Å². The number of nitrogens with two attached hydrogens (primary N) is 1. The van der Waals surface area contributed by atoms with Crippen LogP contribution >= 0.6 is 11.8 Å². The van der Waals surface area contributed by atoms with Gasteiger partial charge < -0.3 is 21.1 Å². The summed E-state index contributed by atoms with van der Waals surface area (Å²) in [5.41, 5.74) is 4.94. The lowest BCUT2D eigenvalue weighted by atomic mass is 10.2. The monoisotopic (exact) mass is 275 g/mol. The molecule has 18 heavy (non-hydrogen) atoms. The normalized spacial score (nSPS) is 17.7. The molecule has 4 N–H and O–H groups in total. The summed E-state index contributed by atoms with van der Waals surface area (Å²) in [6.07, 6.45) is 0.481. The van der Waals surface area contributed by atoms with E-state index in [1.54, 1.807) is 16.7 Å². The number of thioether (sulfide) groups is 1. The number of carboxylic acids is 1. The van der Waals surface area contributed by atoms with E-state index < -0.39 is 30.4 Å². The molecule has 1 aliphatic heterocycles. The van der Waals surface area contributed by atoms with Crippen molar-refractivity contribution in [3.05, 3.63) is 0 Å². The van der Waals surface area contributed by atoms with Gasteiger partial charge in [0.25, 0.3) is 0 Å². The van der Waals surface area contributed by atoms with Crippen molar-refractivity contribution in [3.63, 3.8) is 0 Å². The van der Waals surface area contributed by atoms with Crippen LogP contribution in [0.2, 0.25) is 0 Å². The molecular formula is C10H17N3O4S. The molecule has 0 unspecified atom stereocenters. The number of hydrogen-bond donors (Lipinski definition) is 3. The number of nitrogens with one attached hydrogen (secondary N) is 1. The third kappa shape index (κ3) is 4.82. The number of carbonyl (C=O) groups excluding carboxylic acids is 2. The molecule has 3 amide bonds. The molecule has 0 aromatic heterocycles. The average Bonchev–Trinajstić information content (AvgIpc) is 2.55. The van der Waals surface area contributed by atoms with Crippen LogP contribution in [0.25, 0.3) is 0 Å². The highest BCUT2D eigenvalue weighted by Gasteiger charge is 2.25. The highest BCUT2D eigenvalue weighted by atomic mass is 32.2. The number of hydrogen-bond acceptors (Lipinski definition) is 4. The topological polar surface area (TPSA) is 113 Å². The zero-order chi connectivity index (χ0) is 13.5. The maximum atomic E-state index is 11.8. The number of urea groups is 1. The molecule has 1 heterocycles. The highest BCUT2D eigenvalue weighted by molar-refractivity contribution is 7.99. The minimum absolute atomic E-state index is 0.399. The molecule has 0 radical (unpaired) electrons. The Hall–Kier alpha value is -1.44. The first-order valence-electron chi connectivity index (χ1n) is 5.65. The summed E-state index contributed by atoms with van der Waals surface area (Å²) in [5, 5.41) is 11.2.